The van der Waals surface area contributed by atoms with Gasteiger partial charge in [-0.15, -0.1) is 0 Å². The third-order valence-electron chi connectivity index (χ3n) is 4.39. The molecule has 1 amide bonds. The minimum Gasteiger partial charge on any atom is -0.452 e. The number of esters is 1. The van der Waals surface area contributed by atoms with Gasteiger partial charge in [0.25, 0.3) is 5.91 Å². The van der Waals surface area contributed by atoms with Gasteiger partial charge in [0.15, 0.2) is 6.61 Å². The van der Waals surface area contributed by atoms with Gasteiger partial charge in [0, 0.05) is 11.1 Å². The second-order valence-electron chi connectivity index (χ2n) is 6.30. The van der Waals surface area contributed by atoms with Crippen molar-refractivity contribution in [1.82, 2.24) is 4.98 Å². The molecule has 0 atom stereocenters. The zero-order valence-electron chi connectivity index (χ0n) is 15.7. The van der Waals surface area contributed by atoms with Crippen LogP contribution in [0.25, 0.3) is 10.9 Å². The number of anilines is 1. The molecule has 2 aromatic carbocycles. The molecule has 0 unspecified atom stereocenters. The highest BCUT2D eigenvalue weighted by atomic mass is 35.5. The minimum atomic E-state index is -0.591. The molecule has 150 valence electrons. The van der Waals surface area contributed by atoms with Crippen LogP contribution in [-0.2, 0) is 16.0 Å². The van der Waals surface area contributed by atoms with Gasteiger partial charge < -0.3 is 10.1 Å². The number of aryl methyl sites for hydroxylation is 1. The molecular weight excluding hydrogens is 435 g/mol. The van der Waals surface area contributed by atoms with Crippen LogP contribution in [0.2, 0.25) is 15.1 Å². The van der Waals surface area contributed by atoms with Crippen LogP contribution in [0.3, 0.4) is 0 Å². The molecule has 3 rings (SSSR count). The summed E-state index contributed by atoms with van der Waals surface area (Å²) in [7, 11) is 0. The van der Waals surface area contributed by atoms with Gasteiger partial charge in [-0.3, -0.25) is 9.78 Å². The zero-order valence-corrected chi connectivity index (χ0v) is 18.0. The summed E-state index contributed by atoms with van der Waals surface area (Å²) >= 11 is 17.9. The van der Waals surface area contributed by atoms with Crippen LogP contribution in [0.15, 0.2) is 36.4 Å². The number of fused-ring (bicyclic) bond motifs is 1. The number of carbonyl (C=O) groups is 2. The van der Waals surface area contributed by atoms with Gasteiger partial charge in [0.2, 0.25) is 0 Å². The second-order valence-corrected chi connectivity index (χ2v) is 7.52. The van der Waals surface area contributed by atoms with Crippen LogP contribution < -0.4 is 5.32 Å². The first-order valence-corrected chi connectivity index (χ1v) is 9.95. The van der Waals surface area contributed by atoms with Crippen molar-refractivity contribution >= 4 is 63.3 Å². The van der Waals surface area contributed by atoms with E-state index < -0.39 is 18.5 Å². The molecule has 3 aromatic rings. The van der Waals surface area contributed by atoms with Crippen molar-refractivity contribution in [1.29, 1.82) is 0 Å². The normalized spacial score (nSPS) is 10.8. The number of hydrogen-bond acceptors (Lipinski definition) is 4. The molecule has 1 aromatic heterocycles. The predicted molar refractivity (Wildman–Crippen MR) is 116 cm³/mol. The Balaban J connectivity index is 1.78. The molecule has 0 aliphatic rings. The number of pyridine rings is 1. The topological polar surface area (TPSA) is 68.3 Å². The van der Waals surface area contributed by atoms with E-state index in [4.69, 9.17) is 39.5 Å². The summed E-state index contributed by atoms with van der Waals surface area (Å²) < 4.78 is 5.26. The lowest BCUT2D eigenvalue weighted by Crippen LogP contribution is -2.22. The number of ether oxygens (including phenoxy) is 1. The maximum absolute atomic E-state index is 12.8. The van der Waals surface area contributed by atoms with Crippen LogP contribution in [-0.4, -0.2) is 23.5 Å². The van der Waals surface area contributed by atoms with Gasteiger partial charge >= 0.3 is 5.97 Å². The second kappa shape index (κ2) is 8.99. The Labute approximate surface area is 182 Å². The van der Waals surface area contributed by atoms with E-state index in [1.54, 1.807) is 6.07 Å². The lowest BCUT2D eigenvalue weighted by atomic mass is 10.0. The first-order valence-electron chi connectivity index (χ1n) is 8.81. The van der Waals surface area contributed by atoms with Gasteiger partial charge in [-0.05, 0) is 37.1 Å². The van der Waals surface area contributed by atoms with Crippen LogP contribution >= 0.6 is 34.8 Å². The number of halogens is 3. The first kappa shape index (κ1) is 21.4. The molecule has 0 radical (unpaired) electrons. The SMILES string of the molecule is CCc1nc2ccccc2c(C(=O)OCC(=O)Nc2cc(Cl)c(Cl)cc2Cl)c1C. The fourth-order valence-electron chi connectivity index (χ4n) is 2.97. The Bertz CT molecular complexity index is 1120. The third-order valence-corrected chi connectivity index (χ3v) is 5.43. The molecular formula is C21H17Cl3N2O3. The summed E-state index contributed by atoms with van der Waals surface area (Å²) in [6, 6.07) is 10.2. The molecule has 8 heteroatoms. The smallest absolute Gasteiger partial charge is 0.339 e. The highest BCUT2D eigenvalue weighted by molar-refractivity contribution is 6.44. The summed E-state index contributed by atoms with van der Waals surface area (Å²) in [4.78, 5) is 29.6. The summed E-state index contributed by atoms with van der Waals surface area (Å²) in [5.74, 6) is -1.14. The maximum atomic E-state index is 12.8. The molecule has 0 bridgehead atoms. The predicted octanol–water partition coefficient (Wildman–Crippen LogP) is 5.86. The maximum Gasteiger partial charge on any atom is 0.339 e. The summed E-state index contributed by atoms with van der Waals surface area (Å²) in [5.41, 5.74) is 2.94. The summed E-state index contributed by atoms with van der Waals surface area (Å²) in [6.45, 7) is 3.31. The van der Waals surface area contributed by atoms with E-state index >= 15 is 0 Å². The lowest BCUT2D eigenvalue weighted by Gasteiger charge is -2.13. The Morgan fingerprint density at radius 2 is 1.76 bits per heavy atom. The fourth-order valence-corrected chi connectivity index (χ4v) is 3.57. The molecule has 29 heavy (non-hydrogen) atoms. The average Bonchev–Trinajstić information content (AvgIpc) is 2.69. The quantitative estimate of drug-likeness (QED) is 0.389. The zero-order chi connectivity index (χ0) is 21.1. The van der Waals surface area contributed by atoms with Gasteiger partial charge in [0.1, 0.15) is 0 Å². The van der Waals surface area contributed by atoms with E-state index in [-0.39, 0.29) is 20.8 Å². The highest BCUT2D eigenvalue weighted by Crippen LogP contribution is 2.32. The van der Waals surface area contributed by atoms with Crippen LogP contribution in [0.1, 0.15) is 28.5 Å². The van der Waals surface area contributed by atoms with Crippen molar-refractivity contribution < 1.29 is 14.3 Å². The molecule has 5 nitrogen and oxygen atoms in total. The third kappa shape index (κ3) is 4.64. The van der Waals surface area contributed by atoms with E-state index in [1.165, 1.54) is 12.1 Å². The number of aromatic nitrogens is 1. The molecule has 0 aliphatic carbocycles. The van der Waals surface area contributed by atoms with Crippen molar-refractivity contribution in [2.75, 3.05) is 11.9 Å². The van der Waals surface area contributed by atoms with Crippen LogP contribution in [0, 0.1) is 6.92 Å². The molecule has 0 spiro atoms. The number of hydrogen-bond donors (Lipinski definition) is 1. The average molecular weight is 452 g/mol. The van der Waals surface area contributed by atoms with E-state index in [0.717, 1.165) is 11.3 Å². The standard InChI is InChI=1S/C21H17Cl3N2O3/c1-3-16-11(2)20(12-6-4-5-7-17(12)25-16)21(28)29-10-19(27)26-18-9-14(23)13(22)8-15(18)24/h4-9H,3,10H2,1-2H3,(H,26,27). The van der Waals surface area contributed by atoms with Crippen molar-refractivity contribution in [3.05, 3.63) is 68.3 Å². The van der Waals surface area contributed by atoms with Crippen molar-refractivity contribution in [2.24, 2.45) is 0 Å². The van der Waals surface area contributed by atoms with E-state index in [1.807, 2.05) is 32.0 Å². The number of nitrogens with zero attached hydrogens (tertiary/aromatic N) is 1. The van der Waals surface area contributed by atoms with E-state index in [0.29, 0.717) is 22.9 Å². The minimum absolute atomic E-state index is 0.225. The largest absolute Gasteiger partial charge is 0.452 e. The summed E-state index contributed by atoms with van der Waals surface area (Å²) in [6.07, 6.45) is 0.674. The fraction of sp³-hybridized carbons (Fsp3) is 0.190. The van der Waals surface area contributed by atoms with Crippen molar-refractivity contribution in [2.45, 2.75) is 20.3 Å². The molecule has 0 saturated heterocycles. The molecule has 0 aliphatic heterocycles. The monoisotopic (exact) mass is 450 g/mol. The number of rotatable bonds is 5. The summed E-state index contributed by atoms with van der Waals surface area (Å²) in [5, 5.41) is 3.98. The molecule has 1 heterocycles. The van der Waals surface area contributed by atoms with Gasteiger partial charge in [-0.25, -0.2) is 4.79 Å². The number of nitrogens with one attached hydrogen (secondary N) is 1. The Hall–Kier alpha value is -2.34. The van der Waals surface area contributed by atoms with Gasteiger partial charge in [-0.1, -0.05) is 59.9 Å². The van der Waals surface area contributed by atoms with Crippen LogP contribution in [0.5, 0.6) is 0 Å². The number of amides is 1. The first-order chi connectivity index (χ1) is 13.8. The van der Waals surface area contributed by atoms with Gasteiger partial charge in [0.05, 0.1) is 31.8 Å². The lowest BCUT2D eigenvalue weighted by molar-refractivity contribution is -0.119. The van der Waals surface area contributed by atoms with Crippen molar-refractivity contribution in [3.63, 3.8) is 0 Å². The molecule has 0 fully saturated rings. The van der Waals surface area contributed by atoms with E-state index in [9.17, 15) is 9.59 Å². The Kier molecular flexibility index (Phi) is 6.63. The van der Waals surface area contributed by atoms with Crippen molar-refractivity contribution in [3.8, 4) is 0 Å². The van der Waals surface area contributed by atoms with E-state index in [2.05, 4.69) is 10.3 Å². The number of benzene rings is 2. The Morgan fingerprint density at radius 3 is 2.48 bits per heavy atom. The Morgan fingerprint density at radius 1 is 1.07 bits per heavy atom. The van der Waals surface area contributed by atoms with Gasteiger partial charge in [-0.2, -0.15) is 0 Å². The molecule has 1 N–H and O–H groups in total. The highest BCUT2D eigenvalue weighted by Gasteiger charge is 2.20. The molecule has 0 saturated carbocycles. The van der Waals surface area contributed by atoms with Crippen LogP contribution in [0.4, 0.5) is 5.69 Å². The number of para-hydroxylation sites is 1. The number of carbonyl (C=O) groups excluding carboxylic acids is 2.